The van der Waals surface area contributed by atoms with Crippen LogP contribution < -0.4 is 0 Å². The van der Waals surface area contributed by atoms with Crippen LogP contribution in [0.15, 0.2) is 42.5 Å². The molecule has 38 heavy (non-hydrogen) atoms. The minimum atomic E-state index is -0.635. The lowest BCUT2D eigenvalue weighted by atomic mass is 9.85. The van der Waals surface area contributed by atoms with Crippen LogP contribution in [0, 0.1) is 0 Å². The number of aliphatic hydroxyl groups excluding tert-OH is 1. The molecule has 200 valence electrons. The van der Waals surface area contributed by atoms with Crippen LogP contribution in [0.3, 0.4) is 0 Å². The Kier molecular flexibility index (Phi) is 6.48. The van der Waals surface area contributed by atoms with E-state index in [1.165, 1.54) is 11.1 Å². The molecule has 2 aromatic rings. The number of hydrogen-bond acceptors (Lipinski definition) is 5. The molecule has 3 heterocycles. The molecule has 4 aliphatic rings. The molecule has 1 aliphatic carbocycles. The zero-order valence-electron chi connectivity index (χ0n) is 22.1. The number of rotatable bonds is 5. The Labute approximate surface area is 223 Å². The van der Waals surface area contributed by atoms with Crippen molar-refractivity contribution < 1.29 is 19.5 Å². The van der Waals surface area contributed by atoms with Gasteiger partial charge in [-0.15, -0.1) is 0 Å². The second-order valence-electron chi connectivity index (χ2n) is 11.4. The minimum absolute atomic E-state index is 0.0265. The van der Waals surface area contributed by atoms with E-state index in [0.717, 1.165) is 37.9 Å². The van der Waals surface area contributed by atoms with Crippen LogP contribution in [-0.4, -0.2) is 101 Å². The number of piperazine rings is 1. The molecule has 8 nitrogen and oxygen atoms in total. The topological polar surface area (TPSA) is 84.4 Å². The van der Waals surface area contributed by atoms with Gasteiger partial charge in [0.15, 0.2) is 0 Å². The molecule has 8 heteroatoms. The summed E-state index contributed by atoms with van der Waals surface area (Å²) in [7, 11) is 0. The summed E-state index contributed by atoms with van der Waals surface area (Å²) in [6.07, 6.45) is 2.37. The van der Waals surface area contributed by atoms with Gasteiger partial charge in [-0.3, -0.25) is 19.3 Å². The Morgan fingerprint density at radius 2 is 1.66 bits per heavy atom. The van der Waals surface area contributed by atoms with Gasteiger partial charge in [0.1, 0.15) is 0 Å². The van der Waals surface area contributed by atoms with Gasteiger partial charge in [-0.1, -0.05) is 30.3 Å². The summed E-state index contributed by atoms with van der Waals surface area (Å²) in [5.74, 6) is -0.175. The molecular weight excluding hydrogens is 480 g/mol. The third kappa shape index (κ3) is 4.71. The zero-order valence-corrected chi connectivity index (χ0v) is 22.1. The first kappa shape index (κ1) is 25.1. The highest BCUT2D eigenvalue weighted by Crippen LogP contribution is 2.52. The molecule has 2 aromatic carbocycles. The third-order valence-corrected chi connectivity index (χ3v) is 8.82. The van der Waals surface area contributed by atoms with Gasteiger partial charge >= 0.3 is 0 Å². The van der Waals surface area contributed by atoms with E-state index in [1.807, 2.05) is 12.1 Å². The highest BCUT2D eigenvalue weighted by atomic mass is 16.3. The van der Waals surface area contributed by atoms with Crippen molar-refractivity contribution in [1.29, 1.82) is 0 Å². The largest absolute Gasteiger partial charge is 0.390 e. The molecule has 1 spiro atoms. The number of aliphatic hydroxyl groups is 1. The van der Waals surface area contributed by atoms with Gasteiger partial charge in [-0.25, -0.2) is 0 Å². The summed E-state index contributed by atoms with van der Waals surface area (Å²) in [5.41, 5.74) is 4.79. The first-order chi connectivity index (χ1) is 18.3. The number of benzene rings is 2. The van der Waals surface area contributed by atoms with E-state index in [0.29, 0.717) is 56.9 Å². The van der Waals surface area contributed by atoms with Crippen LogP contribution in [0.25, 0.3) is 0 Å². The van der Waals surface area contributed by atoms with E-state index < -0.39 is 6.10 Å². The van der Waals surface area contributed by atoms with Gasteiger partial charge in [-0.2, -0.15) is 0 Å². The number of hydrogen-bond donors (Lipinski definition) is 1. The fourth-order valence-corrected chi connectivity index (χ4v) is 6.46. The Balaban J connectivity index is 1.14. The molecule has 1 atom stereocenters. The average Bonchev–Trinajstić information content (AvgIpc) is 3.71. The summed E-state index contributed by atoms with van der Waals surface area (Å²) in [5, 5.41) is 11.0. The molecular formula is C30H36N4O4. The number of amides is 3. The van der Waals surface area contributed by atoms with Crippen molar-refractivity contribution in [1.82, 2.24) is 19.6 Å². The molecule has 6 rings (SSSR count). The minimum Gasteiger partial charge on any atom is -0.390 e. The van der Waals surface area contributed by atoms with E-state index in [9.17, 15) is 19.5 Å². The fourth-order valence-electron chi connectivity index (χ4n) is 6.46. The smallest absolute Gasteiger partial charge is 0.254 e. The standard InChI is InChI=1S/C30H36N4O4/c1-21(35)32-12-14-33(15-13-32)28(37)23-6-7-27-26(16-23)29(38)34(20-30(27)9-10-30)19-25(36)18-31-11-8-22-4-2-3-5-24(22)17-31/h2-7,16,25,36H,8-15,17-20H2,1H3/t25-/m1/s1. The van der Waals surface area contributed by atoms with Crippen molar-refractivity contribution in [2.75, 3.05) is 52.4 Å². The molecule has 0 bridgehead atoms. The van der Waals surface area contributed by atoms with E-state index in [4.69, 9.17) is 0 Å². The van der Waals surface area contributed by atoms with Crippen molar-refractivity contribution in [2.24, 2.45) is 0 Å². The summed E-state index contributed by atoms with van der Waals surface area (Å²) >= 11 is 0. The van der Waals surface area contributed by atoms with Crippen LogP contribution in [0.2, 0.25) is 0 Å². The van der Waals surface area contributed by atoms with E-state index in [-0.39, 0.29) is 23.1 Å². The number of β-amino-alcohol motifs (C(OH)–C–C–N with tert-alkyl or cyclic N) is 1. The molecule has 1 saturated heterocycles. The average molecular weight is 517 g/mol. The first-order valence-electron chi connectivity index (χ1n) is 13.8. The van der Waals surface area contributed by atoms with E-state index in [1.54, 1.807) is 27.7 Å². The molecule has 0 radical (unpaired) electrons. The van der Waals surface area contributed by atoms with Crippen molar-refractivity contribution in [3.63, 3.8) is 0 Å². The molecule has 2 fully saturated rings. The van der Waals surface area contributed by atoms with Gasteiger partial charge < -0.3 is 19.8 Å². The predicted octanol–water partition coefficient (Wildman–Crippen LogP) is 1.90. The molecule has 1 N–H and O–H groups in total. The van der Waals surface area contributed by atoms with Crippen LogP contribution >= 0.6 is 0 Å². The normalized spacial score (nSPS) is 21.2. The van der Waals surface area contributed by atoms with Gasteiger partial charge in [0, 0.05) is 82.4 Å². The Bertz CT molecular complexity index is 1260. The highest BCUT2D eigenvalue weighted by molar-refractivity contribution is 6.02. The lowest BCUT2D eigenvalue weighted by Gasteiger charge is -2.38. The van der Waals surface area contributed by atoms with E-state index in [2.05, 4.69) is 29.2 Å². The second-order valence-corrected chi connectivity index (χ2v) is 11.4. The monoisotopic (exact) mass is 516 g/mol. The molecule has 0 aromatic heterocycles. The quantitative estimate of drug-likeness (QED) is 0.656. The number of nitrogens with zero attached hydrogens (tertiary/aromatic N) is 4. The molecule has 0 unspecified atom stereocenters. The SMILES string of the molecule is CC(=O)N1CCN(C(=O)c2ccc3c(c2)C(=O)N(C[C@H](O)CN2CCc4ccccc4C2)CC32CC2)CC1. The zero-order chi connectivity index (χ0) is 26.4. The number of carbonyl (C=O) groups excluding carboxylic acids is 3. The van der Waals surface area contributed by atoms with Gasteiger partial charge in [0.05, 0.1) is 6.10 Å². The lowest BCUT2D eigenvalue weighted by molar-refractivity contribution is -0.130. The van der Waals surface area contributed by atoms with Crippen molar-refractivity contribution in [3.05, 3.63) is 70.3 Å². The lowest BCUT2D eigenvalue weighted by Crippen LogP contribution is -2.50. The van der Waals surface area contributed by atoms with Gasteiger partial charge in [-0.05, 0) is 48.1 Å². The van der Waals surface area contributed by atoms with Gasteiger partial charge in [0.25, 0.3) is 11.8 Å². The predicted molar refractivity (Wildman–Crippen MR) is 143 cm³/mol. The summed E-state index contributed by atoms with van der Waals surface area (Å²) in [6.45, 7) is 6.77. The second kappa shape index (κ2) is 9.82. The van der Waals surface area contributed by atoms with Crippen molar-refractivity contribution >= 4 is 17.7 Å². The van der Waals surface area contributed by atoms with Crippen molar-refractivity contribution in [3.8, 4) is 0 Å². The van der Waals surface area contributed by atoms with Crippen LogP contribution in [0.5, 0.6) is 0 Å². The van der Waals surface area contributed by atoms with Crippen LogP contribution in [0.4, 0.5) is 0 Å². The fraction of sp³-hybridized carbons (Fsp3) is 0.500. The Morgan fingerprint density at radius 1 is 0.947 bits per heavy atom. The number of carbonyl (C=O) groups is 3. The third-order valence-electron chi connectivity index (χ3n) is 8.82. The van der Waals surface area contributed by atoms with Gasteiger partial charge in [0.2, 0.25) is 5.91 Å². The Hall–Kier alpha value is -3.23. The summed E-state index contributed by atoms with van der Waals surface area (Å²) in [6, 6.07) is 14.0. The summed E-state index contributed by atoms with van der Waals surface area (Å²) < 4.78 is 0. The number of fused-ring (bicyclic) bond motifs is 3. The van der Waals surface area contributed by atoms with E-state index >= 15 is 0 Å². The van der Waals surface area contributed by atoms with Crippen molar-refractivity contribution in [2.45, 2.75) is 44.2 Å². The Morgan fingerprint density at radius 3 is 2.37 bits per heavy atom. The maximum atomic E-state index is 13.6. The first-order valence-corrected chi connectivity index (χ1v) is 13.8. The highest BCUT2D eigenvalue weighted by Gasteiger charge is 2.51. The van der Waals surface area contributed by atoms with Crippen LogP contribution in [0.1, 0.15) is 57.2 Å². The maximum Gasteiger partial charge on any atom is 0.254 e. The molecule has 3 aliphatic heterocycles. The molecule has 3 amide bonds. The maximum absolute atomic E-state index is 13.6. The van der Waals surface area contributed by atoms with Crippen LogP contribution in [-0.2, 0) is 23.2 Å². The molecule has 1 saturated carbocycles. The summed E-state index contributed by atoms with van der Waals surface area (Å²) in [4.78, 5) is 46.1.